The molecule has 0 atom stereocenters. The fourth-order valence-corrected chi connectivity index (χ4v) is 2.32. The number of hydrogen-bond donors (Lipinski definition) is 2. The number of hydrogen-bond acceptors (Lipinski definition) is 2. The van der Waals surface area contributed by atoms with E-state index in [0.29, 0.717) is 12.6 Å². The number of amides is 1. The zero-order valence-electron chi connectivity index (χ0n) is 10.3. The molecule has 3 N–H and O–H groups in total. The lowest BCUT2D eigenvalue weighted by Gasteiger charge is -2.33. The monoisotopic (exact) mass is 232 g/mol. The van der Waals surface area contributed by atoms with E-state index >= 15 is 0 Å². The minimum Gasteiger partial charge on any atom is -0.349 e. The summed E-state index contributed by atoms with van der Waals surface area (Å²) < 4.78 is 0. The molecule has 0 spiro atoms. The zero-order valence-corrected chi connectivity index (χ0v) is 10.3. The highest BCUT2D eigenvalue weighted by atomic mass is 16.1. The molecule has 3 nitrogen and oxygen atoms in total. The summed E-state index contributed by atoms with van der Waals surface area (Å²) in [6.07, 6.45) is 3.03. The van der Waals surface area contributed by atoms with Crippen LogP contribution in [-0.2, 0) is 6.42 Å². The summed E-state index contributed by atoms with van der Waals surface area (Å²) in [7, 11) is 0. The Labute approximate surface area is 102 Å². The first kappa shape index (κ1) is 12.1. The van der Waals surface area contributed by atoms with Crippen molar-refractivity contribution in [3.8, 4) is 0 Å². The van der Waals surface area contributed by atoms with Crippen molar-refractivity contribution in [1.82, 2.24) is 5.32 Å². The quantitative estimate of drug-likeness (QED) is 0.830. The number of nitrogens with one attached hydrogen (secondary N) is 1. The van der Waals surface area contributed by atoms with Gasteiger partial charge in [0.25, 0.3) is 5.91 Å². The summed E-state index contributed by atoms with van der Waals surface area (Å²) in [4.78, 5) is 12.0. The maximum atomic E-state index is 12.0. The van der Waals surface area contributed by atoms with Gasteiger partial charge < -0.3 is 11.1 Å². The van der Waals surface area contributed by atoms with Crippen molar-refractivity contribution in [2.75, 3.05) is 6.54 Å². The Kier molecular flexibility index (Phi) is 3.79. The Morgan fingerprint density at radius 1 is 1.47 bits per heavy atom. The van der Waals surface area contributed by atoms with Crippen LogP contribution in [0.2, 0.25) is 0 Å². The smallest absolute Gasteiger partial charge is 0.251 e. The SMILES string of the molecule is CC1CC(NC(=O)c2cccc(CCN)c2)C1. The summed E-state index contributed by atoms with van der Waals surface area (Å²) in [5.41, 5.74) is 7.39. The Hall–Kier alpha value is -1.35. The Morgan fingerprint density at radius 3 is 2.88 bits per heavy atom. The molecule has 0 radical (unpaired) electrons. The normalized spacial score (nSPS) is 22.9. The largest absolute Gasteiger partial charge is 0.349 e. The Morgan fingerprint density at radius 2 is 2.24 bits per heavy atom. The van der Waals surface area contributed by atoms with Crippen LogP contribution in [0.4, 0.5) is 0 Å². The van der Waals surface area contributed by atoms with Crippen LogP contribution in [0.25, 0.3) is 0 Å². The third-order valence-corrected chi connectivity index (χ3v) is 3.33. The van der Waals surface area contributed by atoms with Crippen LogP contribution >= 0.6 is 0 Å². The van der Waals surface area contributed by atoms with E-state index in [2.05, 4.69) is 12.2 Å². The first-order chi connectivity index (χ1) is 8.19. The zero-order chi connectivity index (χ0) is 12.3. The molecule has 1 saturated carbocycles. The number of rotatable bonds is 4. The van der Waals surface area contributed by atoms with Crippen molar-refractivity contribution in [3.63, 3.8) is 0 Å². The number of benzene rings is 1. The van der Waals surface area contributed by atoms with Gasteiger partial charge in [-0.25, -0.2) is 0 Å². The van der Waals surface area contributed by atoms with Gasteiger partial charge in [0.15, 0.2) is 0 Å². The van der Waals surface area contributed by atoms with Gasteiger partial charge in [-0.05, 0) is 49.4 Å². The van der Waals surface area contributed by atoms with Gasteiger partial charge in [-0.2, -0.15) is 0 Å². The molecule has 0 aromatic heterocycles. The van der Waals surface area contributed by atoms with Crippen LogP contribution < -0.4 is 11.1 Å². The second-order valence-electron chi connectivity index (χ2n) is 4.99. The Balaban J connectivity index is 1.96. The molecule has 3 heteroatoms. The lowest BCUT2D eigenvalue weighted by molar-refractivity contribution is 0.0896. The average molecular weight is 232 g/mol. The van der Waals surface area contributed by atoms with E-state index in [1.807, 2.05) is 24.3 Å². The fourth-order valence-electron chi connectivity index (χ4n) is 2.32. The molecule has 2 rings (SSSR count). The van der Waals surface area contributed by atoms with Crippen molar-refractivity contribution in [2.24, 2.45) is 11.7 Å². The Bertz CT molecular complexity index is 397. The molecule has 1 aliphatic rings. The second-order valence-corrected chi connectivity index (χ2v) is 4.99. The molecular formula is C14H20N2O. The second kappa shape index (κ2) is 5.32. The van der Waals surface area contributed by atoms with Gasteiger partial charge in [0.05, 0.1) is 0 Å². The van der Waals surface area contributed by atoms with Gasteiger partial charge in [-0.15, -0.1) is 0 Å². The van der Waals surface area contributed by atoms with E-state index in [9.17, 15) is 4.79 Å². The van der Waals surface area contributed by atoms with Crippen molar-refractivity contribution < 1.29 is 4.79 Å². The molecule has 1 aromatic rings. The summed E-state index contributed by atoms with van der Waals surface area (Å²) in [5, 5.41) is 3.06. The van der Waals surface area contributed by atoms with Crippen LogP contribution in [0.15, 0.2) is 24.3 Å². The molecule has 92 valence electrons. The summed E-state index contributed by atoms with van der Waals surface area (Å²) >= 11 is 0. The predicted octanol–water partition coefficient (Wildman–Crippen LogP) is 1.72. The molecule has 0 saturated heterocycles. The fraction of sp³-hybridized carbons (Fsp3) is 0.500. The minimum absolute atomic E-state index is 0.0424. The van der Waals surface area contributed by atoms with Crippen molar-refractivity contribution >= 4 is 5.91 Å². The summed E-state index contributed by atoms with van der Waals surface area (Å²) in [6.45, 7) is 2.83. The van der Waals surface area contributed by atoms with Gasteiger partial charge >= 0.3 is 0 Å². The van der Waals surface area contributed by atoms with E-state index in [4.69, 9.17) is 5.73 Å². The van der Waals surface area contributed by atoms with Crippen molar-refractivity contribution in [2.45, 2.75) is 32.2 Å². The highest BCUT2D eigenvalue weighted by molar-refractivity contribution is 5.94. The molecule has 0 unspecified atom stereocenters. The van der Waals surface area contributed by atoms with Crippen LogP contribution in [0.3, 0.4) is 0 Å². The van der Waals surface area contributed by atoms with Crippen LogP contribution in [0.5, 0.6) is 0 Å². The van der Waals surface area contributed by atoms with Crippen LogP contribution in [0, 0.1) is 5.92 Å². The van der Waals surface area contributed by atoms with E-state index in [1.165, 1.54) is 0 Å². The minimum atomic E-state index is 0.0424. The van der Waals surface area contributed by atoms with Gasteiger partial charge in [0, 0.05) is 11.6 Å². The third-order valence-electron chi connectivity index (χ3n) is 3.33. The van der Waals surface area contributed by atoms with Crippen molar-refractivity contribution in [1.29, 1.82) is 0 Å². The van der Waals surface area contributed by atoms with Gasteiger partial charge in [0.1, 0.15) is 0 Å². The summed E-state index contributed by atoms with van der Waals surface area (Å²) in [5.74, 6) is 0.796. The standard InChI is InChI=1S/C14H20N2O/c1-10-7-13(8-10)16-14(17)12-4-2-3-11(9-12)5-6-15/h2-4,9-10,13H,5-8,15H2,1H3,(H,16,17). The third kappa shape index (κ3) is 3.07. The number of carbonyl (C=O) groups is 1. The highest BCUT2D eigenvalue weighted by Crippen LogP contribution is 2.26. The van der Waals surface area contributed by atoms with Gasteiger partial charge in [0.2, 0.25) is 0 Å². The molecule has 1 aromatic carbocycles. The molecular weight excluding hydrogens is 212 g/mol. The maximum absolute atomic E-state index is 12.0. The first-order valence-corrected chi connectivity index (χ1v) is 6.29. The number of carbonyl (C=O) groups excluding carboxylic acids is 1. The predicted molar refractivity (Wildman–Crippen MR) is 68.9 cm³/mol. The lowest BCUT2D eigenvalue weighted by atomic mass is 9.82. The average Bonchev–Trinajstić information content (AvgIpc) is 2.28. The van der Waals surface area contributed by atoms with Gasteiger partial charge in [-0.3, -0.25) is 4.79 Å². The first-order valence-electron chi connectivity index (χ1n) is 6.29. The molecule has 1 aliphatic carbocycles. The molecule has 17 heavy (non-hydrogen) atoms. The molecule has 1 fully saturated rings. The summed E-state index contributed by atoms with van der Waals surface area (Å²) in [6, 6.07) is 8.09. The van der Waals surface area contributed by atoms with E-state index in [0.717, 1.165) is 36.3 Å². The van der Waals surface area contributed by atoms with E-state index < -0.39 is 0 Å². The topological polar surface area (TPSA) is 55.1 Å². The highest BCUT2D eigenvalue weighted by Gasteiger charge is 2.26. The van der Waals surface area contributed by atoms with E-state index in [1.54, 1.807) is 0 Å². The van der Waals surface area contributed by atoms with Crippen LogP contribution in [0.1, 0.15) is 35.7 Å². The number of nitrogens with two attached hydrogens (primary N) is 1. The van der Waals surface area contributed by atoms with Crippen LogP contribution in [-0.4, -0.2) is 18.5 Å². The molecule has 0 bridgehead atoms. The molecule has 0 aliphatic heterocycles. The maximum Gasteiger partial charge on any atom is 0.251 e. The molecule has 1 amide bonds. The van der Waals surface area contributed by atoms with E-state index in [-0.39, 0.29) is 5.91 Å². The molecule has 0 heterocycles. The van der Waals surface area contributed by atoms with Gasteiger partial charge in [-0.1, -0.05) is 19.1 Å². The van der Waals surface area contributed by atoms with Crippen molar-refractivity contribution in [3.05, 3.63) is 35.4 Å². The lowest BCUT2D eigenvalue weighted by Crippen LogP contribution is -2.43.